The highest BCUT2D eigenvalue weighted by molar-refractivity contribution is 4.44. The van der Waals surface area contributed by atoms with Gasteiger partial charge in [-0.3, -0.25) is 5.21 Å². The molecule has 0 radical (unpaired) electrons. The van der Waals surface area contributed by atoms with Gasteiger partial charge in [0.25, 0.3) is 0 Å². The zero-order chi connectivity index (χ0) is 11.4. The number of nitrogens with zero attached hydrogens (tertiary/aromatic N) is 3. The quantitative estimate of drug-likeness (QED) is 0.373. The summed E-state index contributed by atoms with van der Waals surface area (Å²) >= 11 is 0. The first-order valence-electron chi connectivity index (χ1n) is 4.83. The maximum Gasteiger partial charge on any atom is 0.0962 e. The monoisotopic (exact) mass is 206 g/mol. The molecule has 0 aliphatic heterocycles. The lowest BCUT2D eigenvalue weighted by molar-refractivity contribution is -0.237. The van der Waals surface area contributed by atoms with Crippen molar-refractivity contribution in [2.45, 2.75) is 32.6 Å². The van der Waals surface area contributed by atoms with E-state index in [1.165, 1.54) is 24.9 Å². The molecule has 6 heteroatoms. The van der Waals surface area contributed by atoms with Crippen LogP contribution in [-0.2, 0) is 0 Å². The zero-order valence-corrected chi connectivity index (χ0v) is 9.31. The second kappa shape index (κ2) is 12.3. The van der Waals surface area contributed by atoms with Crippen LogP contribution in [0, 0.1) is 4.91 Å². The van der Waals surface area contributed by atoms with Gasteiger partial charge in [-0.15, -0.1) is 4.91 Å². The van der Waals surface area contributed by atoms with Gasteiger partial charge >= 0.3 is 0 Å². The van der Waals surface area contributed by atoms with E-state index in [2.05, 4.69) is 17.9 Å². The van der Waals surface area contributed by atoms with Crippen LogP contribution in [0.15, 0.2) is 5.29 Å². The largest absolute Gasteiger partial charge is 0.333 e. The molecule has 0 aliphatic carbocycles. The van der Waals surface area contributed by atoms with Crippen molar-refractivity contribution >= 4 is 0 Å². The third-order valence-electron chi connectivity index (χ3n) is 1.71. The molecule has 0 aromatic carbocycles. The number of hydrogen-bond donors (Lipinski definition) is 2. The van der Waals surface area contributed by atoms with E-state index in [-0.39, 0.29) is 0 Å². The van der Waals surface area contributed by atoms with Gasteiger partial charge in [-0.2, -0.15) is 5.01 Å². The molecule has 0 fully saturated rings. The predicted octanol–water partition coefficient (Wildman–Crippen LogP) is 1.36. The van der Waals surface area contributed by atoms with Crippen LogP contribution in [0.2, 0.25) is 0 Å². The van der Waals surface area contributed by atoms with Crippen molar-refractivity contribution in [1.82, 2.24) is 10.3 Å². The first-order chi connectivity index (χ1) is 6.72. The SMILES string of the molecule is CCCCCCN(C)N(O)N=O.CN. The number of nitroso groups, excluding NO2 is 1. The first kappa shape index (κ1) is 15.7. The Kier molecular flexibility index (Phi) is 13.8. The van der Waals surface area contributed by atoms with Gasteiger partial charge in [-0.25, -0.2) is 0 Å². The topological polar surface area (TPSA) is 82.2 Å². The number of hydrazine groups is 1. The highest BCUT2D eigenvalue weighted by Gasteiger charge is 2.04. The van der Waals surface area contributed by atoms with Crippen LogP contribution < -0.4 is 5.73 Å². The fourth-order valence-electron chi connectivity index (χ4n) is 0.919. The molecule has 0 aromatic heterocycles. The summed E-state index contributed by atoms with van der Waals surface area (Å²) in [6, 6.07) is 0. The second-order valence-electron chi connectivity index (χ2n) is 2.79. The fourth-order valence-corrected chi connectivity index (χ4v) is 0.919. The van der Waals surface area contributed by atoms with Crippen LogP contribution in [0.25, 0.3) is 0 Å². The lowest BCUT2D eigenvalue weighted by Gasteiger charge is -2.18. The lowest BCUT2D eigenvalue weighted by atomic mass is 10.2. The van der Waals surface area contributed by atoms with E-state index >= 15 is 0 Å². The van der Waals surface area contributed by atoms with Gasteiger partial charge in [0.2, 0.25) is 0 Å². The Bertz CT molecular complexity index is 124. The molecule has 0 bridgehead atoms. The molecule has 0 saturated heterocycles. The molecule has 86 valence electrons. The van der Waals surface area contributed by atoms with Crippen molar-refractivity contribution in [1.29, 1.82) is 0 Å². The standard InChI is InChI=1S/C7H17N3O2.CH5N/c1-3-4-5-6-7-9(2)10(12)8-11;1-2/h12H,3-7H2,1-2H3;2H2,1H3. The van der Waals surface area contributed by atoms with E-state index in [0.29, 0.717) is 11.8 Å². The molecule has 0 heterocycles. The van der Waals surface area contributed by atoms with Crippen LogP contribution in [0.1, 0.15) is 32.6 Å². The lowest BCUT2D eigenvalue weighted by Crippen LogP contribution is -2.33. The third-order valence-corrected chi connectivity index (χ3v) is 1.71. The van der Waals surface area contributed by atoms with Crippen LogP contribution in [0.5, 0.6) is 0 Å². The molecule has 0 aliphatic rings. The van der Waals surface area contributed by atoms with Gasteiger partial charge in [0.1, 0.15) is 0 Å². The van der Waals surface area contributed by atoms with E-state index in [4.69, 9.17) is 5.21 Å². The molecule has 0 atom stereocenters. The fraction of sp³-hybridized carbons (Fsp3) is 1.00. The van der Waals surface area contributed by atoms with Gasteiger partial charge in [0, 0.05) is 13.6 Å². The molecule has 0 unspecified atom stereocenters. The van der Waals surface area contributed by atoms with Crippen molar-refractivity contribution in [3.8, 4) is 0 Å². The average molecular weight is 206 g/mol. The van der Waals surface area contributed by atoms with E-state index in [0.717, 1.165) is 12.8 Å². The number of rotatable bonds is 7. The summed E-state index contributed by atoms with van der Waals surface area (Å²) < 4.78 is 0. The maximum absolute atomic E-state index is 9.82. The van der Waals surface area contributed by atoms with Gasteiger partial charge in [-0.05, 0) is 13.5 Å². The molecule has 0 rings (SSSR count). The van der Waals surface area contributed by atoms with Gasteiger partial charge in [0.05, 0.1) is 5.29 Å². The van der Waals surface area contributed by atoms with Gasteiger partial charge in [-0.1, -0.05) is 31.5 Å². The molecule has 0 spiro atoms. The summed E-state index contributed by atoms with van der Waals surface area (Å²) in [7, 11) is 3.12. The zero-order valence-electron chi connectivity index (χ0n) is 9.31. The van der Waals surface area contributed by atoms with E-state index < -0.39 is 0 Å². The molecule has 6 nitrogen and oxygen atoms in total. The Balaban J connectivity index is 0. The third kappa shape index (κ3) is 9.37. The minimum Gasteiger partial charge on any atom is -0.333 e. The highest BCUT2D eigenvalue weighted by atomic mass is 16.6. The number of hydrogen-bond acceptors (Lipinski definition) is 5. The Morgan fingerprint density at radius 2 is 1.86 bits per heavy atom. The molecule has 0 aromatic rings. The van der Waals surface area contributed by atoms with Crippen molar-refractivity contribution in [2.24, 2.45) is 11.0 Å². The van der Waals surface area contributed by atoms with Crippen LogP contribution in [0.3, 0.4) is 0 Å². The first-order valence-corrected chi connectivity index (χ1v) is 4.83. The summed E-state index contributed by atoms with van der Waals surface area (Å²) in [4.78, 5) is 9.82. The molecule has 0 amide bonds. The number of nitrogens with two attached hydrogens (primary N) is 1. The summed E-state index contributed by atoms with van der Waals surface area (Å²) in [5.74, 6) is 0. The summed E-state index contributed by atoms with van der Waals surface area (Å²) in [6.07, 6.45) is 4.46. The van der Waals surface area contributed by atoms with E-state index in [1.54, 1.807) is 7.05 Å². The van der Waals surface area contributed by atoms with Crippen LogP contribution in [0.4, 0.5) is 0 Å². The Morgan fingerprint density at radius 3 is 2.29 bits per heavy atom. The average Bonchev–Trinajstić information content (AvgIpc) is 2.25. The normalized spacial score (nSPS) is 9.29. The van der Waals surface area contributed by atoms with Crippen molar-refractivity contribution < 1.29 is 5.21 Å². The van der Waals surface area contributed by atoms with Crippen LogP contribution >= 0.6 is 0 Å². The van der Waals surface area contributed by atoms with E-state index in [1.807, 2.05) is 0 Å². The second-order valence-corrected chi connectivity index (χ2v) is 2.79. The summed E-state index contributed by atoms with van der Waals surface area (Å²) in [6.45, 7) is 2.79. The summed E-state index contributed by atoms with van der Waals surface area (Å²) in [5, 5.41) is 12.8. The van der Waals surface area contributed by atoms with Gasteiger partial charge in [0.15, 0.2) is 0 Å². The minimum atomic E-state index is 0.325. The predicted molar refractivity (Wildman–Crippen MR) is 56.3 cm³/mol. The molecule has 3 N–H and O–H groups in total. The van der Waals surface area contributed by atoms with Gasteiger partial charge < -0.3 is 5.73 Å². The van der Waals surface area contributed by atoms with Crippen molar-refractivity contribution in [2.75, 3.05) is 20.6 Å². The molecule has 14 heavy (non-hydrogen) atoms. The Morgan fingerprint density at radius 1 is 1.29 bits per heavy atom. The highest BCUT2D eigenvalue weighted by Crippen LogP contribution is 2.01. The van der Waals surface area contributed by atoms with Crippen LogP contribution in [-0.4, -0.2) is 36.1 Å². The van der Waals surface area contributed by atoms with E-state index in [9.17, 15) is 4.91 Å². The molecular formula is C8H22N4O2. The smallest absolute Gasteiger partial charge is 0.0962 e. The summed E-state index contributed by atoms with van der Waals surface area (Å²) in [5.41, 5.74) is 4.50. The molecule has 0 saturated carbocycles. The van der Waals surface area contributed by atoms with Crippen molar-refractivity contribution in [3.63, 3.8) is 0 Å². The molecular weight excluding hydrogens is 184 g/mol. The Hall–Kier alpha value is -0.720. The number of unbranched alkanes of at least 4 members (excludes halogenated alkanes) is 3. The maximum atomic E-state index is 9.82. The minimum absolute atomic E-state index is 0.325. The van der Waals surface area contributed by atoms with Crippen molar-refractivity contribution in [3.05, 3.63) is 4.91 Å². The Labute approximate surface area is 85.5 Å².